The van der Waals surface area contributed by atoms with Crippen LogP contribution in [0.4, 0.5) is 0 Å². The van der Waals surface area contributed by atoms with Gasteiger partial charge in [-0.25, -0.2) is 0 Å². The average Bonchev–Trinajstić information content (AvgIpc) is 2.02. The first-order chi connectivity index (χ1) is 5.18. The minimum absolute atomic E-state index is 0. The lowest BCUT2D eigenvalue weighted by atomic mass is 10.2. The Balaban J connectivity index is -0.000000126. The molecule has 5 N–H and O–H groups in total. The lowest BCUT2D eigenvalue weighted by molar-refractivity contribution is 0.203. The smallest absolute Gasteiger partial charge is 0.0634 e. The van der Waals surface area contributed by atoms with Crippen LogP contribution < -0.4 is 5.73 Å². The summed E-state index contributed by atoms with van der Waals surface area (Å²) in [4.78, 5) is 0. The van der Waals surface area contributed by atoms with Gasteiger partial charge in [-0.1, -0.05) is 39.5 Å². The maximum atomic E-state index is 8.24. The summed E-state index contributed by atoms with van der Waals surface area (Å²) >= 11 is 0. The first kappa shape index (κ1) is 17.8. The van der Waals surface area contributed by atoms with Gasteiger partial charge in [0.1, 0.15) is 0 Å². The number of nitrogens with two attached hydrogens (primary N) is 1. The monoisotopic (exact) mass is 179 g/mol. The van der Waals surface area contributed by atoms with E-state index in [4.69, 9.17) is 10.8 Å². The number of aliphatic hydroxyl groups is 1. The van der Waals surface area contributed by atoms with E-state index in [0.29, 0.717) is 6.54 Å². The minimum Gasteiger partial charge on any atom is -0.412 e. The third-order valence-electron chi connectivity index (χ3n) is 1.30. The van der Waals surface area contributed by atoms with Crippen LogP contribution in [0.1, 0.15) is 46.5 Å². The predicted octanol–water partition coefficient (Wildman–Crippen LogP) is 1.09. The van der Waals surface area contributed by atoms with Crippen LogP contribution >= 0.6 is 0 Å². The summed E-state index contributed by atoms with van der Waals surface area (Å²) in [6.07, 6.45) is 5.20. The molecule has 0 saturated carbocycles. The summed E-state index contributed by atoms with van der Waals surface area (Å²) in [5.74, 6) is 0. The standard InChI is InChI=1S/C6H14.C3H9NO.H2O/c1-3-5-6-4-2;1-3(5)2-4;/h3-6H2,1-2H3;3,5H,2,4H2,1H3;1H2. The zero-order valence-corrected chi connectivity index (χ0v) is 8.64. The van der Waals surface area contributed by atoms with Crippen molar-refractivity contribution in [3.05, 3.63) is 0 Å². The Hall–Kier alpha value is -0.120. The Morgan fingerprint density at radius 2 is 1.42 bits per heavy atom. The Kier molecular flexibility index (Phi) is 25.4. The molecule has 0 aliphatic rings. The quantitative estimate of drug-likeness (QED) is 0.634. The Morgan fingerprint density at radius 3 is 1.50 bits per heavy atom. The van der Waals surface area contributed by atoms with Crippen molar-refractivity contribution in [2.45, 2.75) is 52.6 Å². The van der Waals surface area contributed by atoms with Crippen LogP contribution in [0.5, 0.6) is 0 Å². The van der Waals surface area contributed by atoms with Crippen molar-refractivity contribution in [1.82, 2.24) is 0 Å². The Bertz CT molecular complexity index is 54.5. The van der Waals surface area contributed by atoms with E-state index in [2.05, 4.69) is 13.8 Å². The molecule has 12 heavy (non-hydrogen) atoms. The molecule has 3 nitrogen and oxygen atoms in total. The van der Waals surface area contributed by atoms with Gasteiger partial charge in [-0.15, -0.1) is 0 Å². The normalized spacial score (nSPS) is 10.8. The van der Waals surface area contributed by atoms with Gasteiger partial charge in [0.2, 0.25) is 0 Å². The minimum atomic E-state index is -0.338. The average molecular weight is 179 g/mol. The van der Waals surface area contributed by atoms with E-state index in [0.717, 1.165) is 0 Å². The first-order valence-electron chi connectivity index (χ1n) is 4.57. The van der Waals surface area contributed by atoms with Crippen molar-refractivity contribution in [2.75, 3.05) is 6.54 Å². The largest absolute Gasteiger partial charge is 0.412 e. The van der Waals surface area contributed by atoms with Crippen LogP contribution in [-0.2, 0) is 0 Å². The van der Waals surface area contributed by atoms with E-state index in [1.807, 2.05) is 0 Å². The fraction of sp³-hybridized carbons (Fsp3) is 1.00. The van der Waals surface area contributed by atoms with E-state index in [-0.39, 0.29) is 11.6 Å². The molecule has 1 unspecified atom stereocenters. The molecule has 0 aromatic rings. The van der Waals surface area contributed by atoms with Crippen LogP contribution in [0.25, 0.3) is 0 Å². The van der Waals surface area contributed by atoms with E-state index in [9.17, 15) is 0 Å². The number of unbranched alkanes of at least 4 members (excludes halogenated alkanes) is 3. The predicted molar refractivity (Wildman–Crippen MR) is 54.2 cm³/mol. The number of hydrogen-bond donors (Lipinski definition) is 2. The molecule has 3 heteroatoms. The second-order valence-corrected chi connectivity index (χ2v) is 2.79. The molecule has 0 spiro atoms. The third kappa shape index (κ3) is 32.7. The Labute approximate surface area is 76.3 Å². The highest BCUT2D eigenvalue weighted by Gasteiger charge is 1.81. The summed E-state index contributed by atoms with van der Waals surface area (Å²) in [6, 6.07) is 0. The van der Waals surface area contributed by atoms with Gasteiger partial charge in [-0.2, -0.15) is 0 Å². The van der Waals surface area contributed by atoms with Crippen LogP contribution in [0.3, 0.4) is 0 Å². The van der Waals surface area contributed by atoms with Crippen molar-refractivity contribution in [2.24, 2.45) is 5.73 Å². The fourth-order valence-corrected chi connectivity index (χ4v) is 0.500. The van der Waals surface area contributed by atoms with Gasteiger partial charge in [0, 0.05) is 6.54 Å². The molecule has 0 rings (SSSR count). The summed E-state index contributed by atoms with van der Waals surface area (Å²) in [7, 11) is 0. The van der Waals surface area contributed by atoms with Crippen LogP contribution in [0.15, 0.2) is 0 Å². The van der Waals surface area contributed by atoms with E-state index < -0.39 is 0 Å². The van der Waals surface area contributed by atoms with Gasteiger partial charge < -0.3 is 16.3 Å². The van der Waals surface area contributed by atoms with Gasteiger partial charge in [0.25, 0.3) is 0 Å². The summed E-state index contributed by atoms with van der Waals surface area (Å²) in [5, 5.41) is 8.24. The molecule has 0 aromatic carbocycles. The van der Waals surface area contributed by atoms with Gasteiger partial charge in [0.15, 0.2) is 0 Å². The molecule has 0 saturated heterocycles. The van der Waals surface area contributed by atoms with Crippen molar-refractivity contribution in [1.29, 1.82) is 0 Å². The number of hydrogen-bond acceptors (Lipinski definition) is 2. The summed E-state index contributed by atoms with van der Waals surface area (Å²) in [6.45, 7) is 6.48. The lowest BCUT2D eigenvalue weighted by Crippen LogP contribution is -2.14. The molecule has 0 aromatic heterocycles. The van der Waals surface area contributed by atoms with E-state index in [1.54, 1.807) is 6.92 Å². The SMILES string of the molecule is CC(O)CN.CCCCCC.O. The fourth-order valence-electron chi connectivity index (χ4n) is 0.500. The summed E-state index contributed by atoms with van der Waals surface area (Å²) in [5.41, 5.74) is 4.92. The van der Waals surface area contributed by atoms with Gasteiger partial charge in [0.05, 0.1) is 6.10 Å². The molecule has 0 radical (unpaired) electrons. The molecule has 0 aliphatic heterocycles. The molecule has 0 heterocycles. The highest BCUT2D eigenvalue weighted by Crippen LogP contribution is 1.95. The van der Waals surface area contributed by atoms with E-state index >= 15 is 0 Å². The maximum Gasteiger partial charge on any atom is 0.0634 e. The maximum absolute atomic E-state index is 8.24. The highest BCUT2D eigenvalue weighted by atomic mass is 16.3. The molecular weight excluding hydrogens is 154 g/mol. The molecule has 0 bridgehead atoms. The van der Waals surface area contributed by atoms with Gasteiger partial charge >= 0.3 is 0 Å². The molecular formula is C9H25NO2. The third-order valence-corrected chi connectivity index (χ3v) is 1.30. The van der Waals surface area contributed by atoms with Gasteiger partial charge in [-0.05, 0) is 6.92 Å². The molecule has 78 valence electrons. The molecule has 0 amide bonds. The first-order valence-corrected chi connectivity index (χ1v) is 4.57. The van der Waals surface area contributed by atoms with Crippen molar-refractivity contribution in [3.63, 3.8) is 0 Å². The lowest BCUT2D eigenvalue weighted by Gasteiger charge is -1.91. The van der Waals surface area contributed by atoms with Crippen LogP contribution in [0.2, 0.25) is 0 Å². The molecule has 0 fully saturated rings. The van der Waals surface area contributed by atoms with Crippen molar-refractivity contribution in [3.8, 4) is 0 Å². The van der Waals surface area contributed by atoms with Crippen molar-refractivity contribution >= 4 is 0 Å². The second-order valence-electron chi connectivity index (χ2n) is 2.79. The topological polar surface area (TPSA) is 77.8 Å². The van der Waals surface area contributed by atoms with Crippen molar-refractivity contribution < 1.29 is 10.6 Å². The zero-order valence-electron chi connectivity index (χ0n) is 8.64. The van der Waals surface area contributed by atoms with Crippen LogP contribution in [0, 0.1) is 0 Å². The zero-order chi connectivity index (χ0) is 9.11. The molecule has 1 atom stereocenters. The number of aliphatic hydroxyl groups excluding tert-OH is 1. The van der Waals surface area contributed by atoms with Crippen LogP contribution in [-0.4, -0.2) is 23.2 Å². The molecule has 0 aliphatic carbocycles. The van der Waals surface area contributed by atoms with E-state index in [1.165, 1.54) is 25.7 Å². The Morgan fingerprint density at radius 1 is 1.17 bits per heavy atom. The van der Waals surface area contributed by atoms with Gasteiger partial charge in [-0.3, -0.25) is 0 Å². The summed E-state index contributed by atoms with van der Waals surface area (Å²) < 4.78 is 0. The number of rotatable bonds is 4. The highest BCUT2D eigenvalue weighted by molar-refractivity contribution is 4.40. The second kappa shape index (κ2) is 17.1.